The van der Waals surface area contributed by atoms with Gasteiger partial charge >= 0.3 is 5.97 Å². The normalized spacial score (nSPS) is 18.4. The predicted molar refractivity (Wildman–Crippen MR) is 116 cm³/mol. The van der Waals surface area contributed by atoms with E-state index in [9.17, 15) is 14.9 Å². The van der Waals surface area contributed by atoms with Gasteiger partial charge in [-0.3, -0.25) is 4.79 Å². The van der Waals surface area contributed by atoms with Gasteiger partial charge in [0, 0.05) is 13.1 Å². The van der Waals surface area contributed by atoms with Gasteiger partial charge in [0.2, 0.25) is 5.88 Å². The zero-order valence-electron chi connectivity index (χ0n) is 18.9. The maximum Gasteiger partial charge on any atom is 0.338 e. The van der Waals surface area contributed by atoms with Gasteiger partial charge in [-0.2, -0.15) is 5.26 Å². The van der Waals surface area contributed by atoms with Crippen LogP contribution in [-0.4, -0.2) is 63.4 Å². The molecule has 1 saturated heterocycles. The van der Waals surface area contributed by atoms with E-state index in [0.29, 0.717) is 43.4 Å². The average molecular weight is 457 g/mol. The van der Waals surface area contributed by atoms with E-state index in [4.69, 9.17) is 29.4 Å². The minimum Gasteiger partial charge on any atom is -0.493 e. The number of nitrogens with zero attached hydrogens (tertiary/aromatic N) is 2. The van der Waals surface area contributed by atoms with Gasteiger partial charge in [-0.15, -0.1) is 0 Å². The summed E-state index contributed by atoms with van der Waals surface area (Å²) in [4.78, 5) is 26.7. The Bertz CT molecular complexity index is 1020. The molecule has 0 radical (unpaired) electrons. The molecule has 2 N–H and O–H groups in total. The smallest absolute Gasteiger partial charge is 0.338 e. The molecule has 0 aromatic heterocycles. The van der Waals surface area contributed by atoms with Crippen LogP contribution in [0.1, 0.15) is 25.3 Å². The van der Waals surface area contributed by atoms with Gasteiger partial charge in [-0.1, -0.05) is 6.07 Å². The number of nitrogens with two attached hydrogens (primary N) is 1. The summed E-state index contributed by atoms with van der Waals surface area (Å²) in [6.45, 7) is 5.34. The van der Waals surface area contributed by atoms with Gasteiger partial charge in [0.15, 0.2) is 18.1 Å². The van der Waals surface area contributed by atoms with Crippen molar-refractivity contribution < 1.29 is 33.3 Å². The van der Waals surface area contributed by atoms with Crippen molar-refractivity contribution in [3.8, 4) is 17.6 Å². The van der Waals surface area contributed by atoms with Crippen LogP contribution in [0.25, 0.3) is 0 Å². The van der Waals surface area contributed by atoms with E-state index in [1.165, 1.54) is 7.11 Å². The number of allylic oxidation sites excluding steroid dienone is 2. The van der Waals surface area contributed by atoms with E-state index in [2.05, 4.69) is 0 Å². The van der Waals surface area contributed by atoms with E-state index in [0.717, 1.165) is 0 Å². The Kier molecular flexibility index (Phi) is 7.79. The number of hydrogen-bond acceptors (Lipinski definition) is 9. The molecule has 10 nitrogen and oxygen atoms in total. The molecule has 1 fully saturated rings. The highest BCUT2D eigenvalue weighted by molar-refractivity contribution is 5.92. The van der Waals surface area contributed by atoms with E-state index in [1.54, 1.807) is 36.9 Å². The lowest BCUT2D eigenvalue weighted by Crippen LogP contribution is -2.43. The third-order valence-corrected chi connectivity index (χ3v) is 5.34. The lowest BCUT2D eigenvalue weighted by atomic mass is 9.83. The second kappa shape index (κ2) is 10.7. The number of hydrogen-bond donors (Lipinski definition) is 1. The van der Waals surface area contributed by atoms with Crippen molar-refractivity contribution in [3.63, 3.8) is 0 Å². The van der Waals surface area contributed by atoms with E-state index in [-0.39, 0.29) is 41.9 Å². The molecule has 33 heavy (non-hydrogen) atoms. The SMILES string of the molecule is CCOC(=O)C1=C(C)OC(N)=C(C#N)C1c1ccc(OCC(=O)N2CCOCC2)c(OC)c1. The van der Waals surface area contributed by atoms with E-state index in [1.807, 2.05) is 6.07 Å². The van der Waals surface area contributed by atoms with Crippen molar-refractivity contribution in [2.24, 2.45) is 5.73 Å². The highest BCUT2D eigenvalue weighted by Crippen LogP contribution is 2.42. The van der Waals surface area contributed by atoms with Crippen LogP contribution in [0.4, 0.5) is 0 Å². The topological polar surface area (TPSA) is 133 Å². The van der Waals surface area contributed by atoms with Crippen molar-refractivity contribution in [1.29, 1.82) is 5.26 Å². The number of esters is 1. The summed E-state index contributed by atoms with van der Waals surface area (Å²) in [5, 5.41) is 9.71. The van der Waals surface area contributed by atoms with Crippen molar-refractivity contribution in [2.75, 3.05) is 46.6 Å². The summed E-state index contributed by atoms with van der Waals surface area (Å²) >= 11 is 0. The van der Waals surface area contributed by atoms with Crippen LogP contribution >= 0.6 is 0 Å². The maximum atomic E-state index is 12.7. The lowest BCUT2D eigenvalue weighted by molar-refractivity contribution is -0.139. The van der Waals surface area contributed by atoms with Gasteiger partial charge in [0.25, 0.3) is 5.91 Å². The molecule has 3 rings (SSSR count). The van der Waals surface area contributed by atoms with Gasteiger partial charge < -0.3 is 34.3 Å². The minimum absolute atomic E-state index is 0.0801. The van der Waals surface area contributed by atoms with Gasteiger partial charge in [-0.25, -0.2) is 4.79 Å². The van der Waals surface area contributed by atoms with E-state index >= 15 is 0 Å². The molecule has 1 aromatic carbocycles. The predicted octanol–water partition coefficient (Wildman–Crippen LogP) is 1.58. The summed E-state index contributed by atoms with van der Waals surface area (Å²) < 4.78 is 27.0. The molecule has 0 spiro atoms. The third kappa shape index (κ3) is 5.21. The van der Waals surface area contributed by atoms with Crippen LogP contribution in [0.5, 0.6) is 11.5 Å². The molecule has 1 aromatic rings. The molecule has 0 saturated carbocycles. The molecular formula is C23H27N3O7. The first kappa shape index (κ1) is 23.9. The van der Waals surface area contributed by atoms with Crippen molar-refractivity contribution >= 4 is 11.9 Å². The summed E-state index contributed by atoms with van der Waals surface area (Å²) in [6, 6.07) is 6.98. The molecule has 1 atom stereocenters. The van der Waals surface area contributed by atoms with Crippen molar-refractivity contribution in [2.45, 2.75) is 19.8 Å². The van der Waals surface area contributed by atoms with Crippen LogP contribution in [0.3, 0.4) is 0 Å². The fourth-order valence-electron chi connectivity index (χ4n) is 3.71. The van der Waals surface area contributed by atoms with Crippen LogP contribution in [-0.2, 0) is 23.8 Å². The molecule has 176 valence electrons. The Balaban J connectivity index is 1.89. The lowest BCUT2D eigenvalue weighted by Gasteiger charge is -2.28. The number of ether oxygens (including phenoxy) is 5. The van der Waals surface area contributed by atoms with Crippen LogP contribution in [0.2, 0.25) is 0 Å². The van der Waals surface area contributed by atoms with Gasteiger partial charge in [-0.05, 0) is 31.5 Å². The standard InChI is InChI=1S/C23H27N3O7/c1-4-31-23(28)20-14(2)33-22(25)16(12-24)21(20)15-5-6-17(18(11-15)29-3)32-13-19(27)26-7-9-30-10-8-26/h5-6,11,21H,4,7-10,13,25H2,1-3H3. The average Bonchev–Trinajstić information content (AvgIpc) is 2.82. The molecule has 1 unspecified atom stereocenters. The van der Waals surface area contributed by atoms with E-state index < -0.39 is 11.9 Å². The number of nitriles is 1. The number of methoxy groups -OCH3 is 1. The minimum atomic E-state index is -0.805. The van der Waals surface area contributed by atoms with Gasteiger partial charge in [0.1, 0.15) is 17.4 Å². The third-order valence-electron chi connectivity index (χ3n) is 5.34. The number of benzene rings is 1. The molecule has 0 aliphatic carbocycles. The fraction of sp³-hybridized carbons (Fsp3) is 0.435. The zero-order valence-corrected chi connectivity index (χ0v) is 18.9. The number of carbonyl (C=O) groups excluding carboxylic acids is 2. The molecule has 2 aliphatic rings. The number of carbonyl (C=O) groups is 2. The molecule has 0 bridgehead atoms. The Morgan fingerprint density at radius 2 is 2.00 bits per heavy atom. The first-order valence-corrected chi connectivity index (χ1v) is 10.5. The van der Waals surface area contributed by atoms with Crippen molar-refractivity contribution in [1.82, 2.24) is 4.90 Å². The summed E-state index contributed by atoms with van der Waals surface area (Å²) in [7, 11) is 1.46. The Hall–Kier alpha value is -3.71. The maximum absolute atomic E-state index is 12.7. The Morgan fingerprint density at radius 3 is 2.64 bits per heavy atom. The highest BCUT2D eigenvalue weighted by Gasteiger charge is 2.36. The largest absolute Gasteiger partial charge is 0.493 e. The van der Waals surface area contributed by atoms with Gasteiger partial charge in [0.05, 0.1) is 38.4 Å². The molecular weight excluding hydrogens is 430 g/mol. The summed E-state index contributed by atoms with van der Waals surface area (Å²) in [5.41, 5.74) is 6.76. The van der Waals surface area contributed by atoms with Crippen LogP contribution < -0.4 is 15.2 Å². The fourth-order valence-corrected chi connectivity index (χ4v) is 3.71. The molecule has 2 heterocycles. The highest BCUT2D eigenvalue weighted by atomic mass is 16.5. The second-order valence-corrected chi connectivity index (χ2v) is 7.31. The quantitative estimate of drug-likeness (QED) is 0.606. The van der Waals surface area contributed by atoms with Crippen molar-refractivity contribution in [3.05, 3.63) is 46.6 Å². The Morgan fingerprint density at radius 1 is 1.27 bits per heavy atom. The zero-order chi connectivity index (χ0) is 24.0. The number of amides is 1. The molecule has 2 aliphatic heterocycles. The van der Waals surface area contributed by atoms with Crippen LogP contribution in [0, 0.1) is 11.3 Å². The Labute approximate surface area is 192 Å². The number of rotatable bonds is 7. The second-order valence-electron chi connectivity index (χ2n) is 7.31. The molecule has 10 heteroatoms. The number of morpholine rings is 1. The molecule has 1 amide bonds. The first-order chi connectivity index (χ1) is 15.9. The first-order valence-electron chi connectivity index (χ1n) is 10.5. The van der Waals surface area contributed by atoms with Crippen LogP contribution in [0.15, 0.2) is 41.0 Å². The monoisotopic (exact) mass is 457 g/mol. The summed E-state index contributed by atoms with van der Waals surface area (Å²) in [6.07, 6.45) is 0. The summed E-state index contributed by atoms with van der Waals surface area (Å²) in [5.74, 6) is -0.695.